The van der Waals surface area contributed by atoms with E-state index in [1.165, 1.54) is 48.8 Å². The molecule has 2 spiro atoms. The van der Waals surface area contributed by atoms with Crippen molar-refractivity contribution < 1.29 is 14.6 Å². The molecule has 0 radical (unpaired) electrons. The smallest absolute Gasteiger partial charge is 0.176 e. The van der Waals surface area contributed by atoms with Crippen molar-refractivity contribution in [2.24, 2.45) is 45.3 Å². The fourth-order valence-electron chi connectivity index (χ4n) is 11.1. The van der Waals surface area contributed by atoms with Gasteiger partial charge in [-0.05, 0) is 98.9 Å². The van der Waals surface area contributed by atoms with Gasteiger partial charge in [-0.2, -0.15) is 0 Å². The van der Waals surface area contributed by atoms with E-state index in [4.69, 9.17) is 9.47 Å². The maximum atomic E-state index is 10.9. The largest absolute Gasteiger partial charge is 0.393 e. The molecular formula is C30H46O3. The van der Waals surface area contributed by atoms with Crippen LogP contribution in [-0.2, 0) is 9.47 Å². The van der Waals surface area contributed by atoms with Crippen LogP contribution in [0.15, 0.2) is 22.8 Å². The van der Waals surface area contributed by atoms with Crippen molar-refractivity contribution in [1.82, 2.24) is 0 Å². The molecule has 33 heavy (non-hydrogen) atoms. The van der Waals surface area contributed by atoms with Gasteiger partial charge in [0, 0.05) is 17.8 Å². The number of aliphatic hydroxyl groups excluding tert-OH is 1. The Morgan fingerprint density at radius 2 is 1.73 bits per heavy atom. The third-order valence-corrected chi connectivity index (χ3v) is 12.6. The summed E-state index contributed by atoms with van der Waals surface area (Å²) in [5, 5.41) is 10.9. The minimum Gasteiger partial charge on any atom is -0.393 e. The molecule has 0 aromatic carbocycles. The summed E-state index contributed by atoms with van der Waals surface area (Å²) in [6.07, 6.45) is 10.6. The zero-order chi connectivity index (χ0) is 23.6. The van der Waals surface area contributed by atoms with Crippen LogP contribution in [0.5, 0.6) is 0 Å². The van der Waals surface area contributed by atoms with Crippen molar-refractivity contribution in [1.29, 1.82) is 0 Å². The maximum Gasteiger partial charge on any atom is 0.176 e. The highest BCUT2D eigenvalue weighted by Gasteiger charge is 2.78. The van der Waals surface area contributed by atoms with Crippen molar-refractivity contribution in [3.8, 4) is 0 Å². The van der Waals surface area contributed by atoms with Crippen LogP contribution in [0, 0.1) is 45.3 Å². The molecule has 1 saturated heterocycles. The predicted molar refractivity (Wildman–Crippen MR) is 131 cm³/mol. The molecule has 3 heteroatoms. The van der Waals surface area contributed by atoms with E-state index >= 15 is 0 Å². The summed E-state index contributed by atoms with van der Waals surface area (Å²) in [6, 6.07) is 0. The van der Waals surface area contributed by atoms with Gasteiger partial charge in [-0.15, -0.1) is 0 Å². The second kappa shape index (κ2) is 6.77. The Kier molecular flexibility index (Phi) is 4.68. The van der Waals surface area contributed by atoms with Gasteiger partial charge >= 0.3 is 0 Å². The molecule has 4 aliphatic carbocycles. The van der Waals surface area contributed by atoms with Crippen LogP contribution in [-0.4, -0.2) is 30.2 Å². The molecule has 6 aliphatic rings. The first-order valence-electron chi connectivity index (χ1n) is 13.7. The first-order valence-corrected chi connectivity index (χ1v) is 13.7. The van der Waals surface area contributed by atoms with Gasteiger partial charge in [0.2, 0.25) is 0 Å². The minimum atomic E-state index is -0.384. The Labute approximate surface area is 201 Å². The molecule has 0 aromatic heterocycles. The van der Waals surface area contributed by atoms with E-state index in [9.17, 15) is 5.11 Å². The Bertz CT molecular complexity index is 927. The van der Waals surface area contributed by atoms with E-state index in [0.717, 1.165) is 19.4 Å². The van der Waals surface area contributed by atoms with E-state index in [1.54, 1.807) is 0 Å². The minimum absolute atomic E-state index is 0.0155. The van der Waals surface area contributed by atoms with Gasteiger partial charge < -0.3 is 14.6 Å². The van der Waals surface area contributed by atoms with E-state index in [1.807, 2.05) is 0 Å². The van der Waals surface area contributed by atoms with Crippen LogP contribution in [0.3, 0.4) is 0 Å². The Morgan fingerprint density at radius 3 is 2.45 bits per heavy atom. The average Bonchev–Trinajstić information content (AvgIpc) is 3.26. The van der Waals surface area contributed by atoms with E-state index in [-0.39, 0.29) is 22.7 Å². The molecule has 0 aromatic rings. The summed E-state index contributed by atoms with van der Waals surface area (Å²) in [5.41, 5.74) is 5.14. The fourth-order valence-corrected chi connectivity index (χ4v) is 11.1. The predicted octanol–water partition coefficient (Wildman–Crippen LogP) is 6.66. The third-order valence-electron chi connectivity index (χ3n) is 12.6. The third kappa shape index (κ3) is 2.58. The van der Waals surface area contributed by atoms with Crippen molar-refractivity contribution >= 4 is 0 Å². The van der Waals surface area contributed by atoms with E-state index < -0.39 is 0 Å². The molecule has 3 nitrogen and oxygen atoms in total. The molecule has 9 atom stereocenters. The highest BCUT2D eigenvalue weighted by Crippen LogP contribution is 2.79. The van der Waals surface area contributed by atoms with Crippen molar-refractivity contribution in [3.05, 3.63) is 22.8 Å². The maximum absolute atomic E-state index is 10.9. The Hall–Kier alpha value is -0.640. The van der Waals surface area contributed by atoms with Crippen LogP contribution in [0.2, 0.25) is 0 Å². The van der Waals surface area contributed by atoms with Crippen molar-refractivity contribution in [2.75, 3.05) is 13.2 Å². The number of ether oxygens (including phenoxy) is 2. The van der Waals surface area contributed by atoms with Gasteiger partial charge in [0.25, 0.3) is 0 Å². The molecule has 4 saturated carbocycles. The van der Waals surface area contributed by atoms with Crippen molar-refractivity contribution in [2.45, 2.75) is 105 Å². The molecule has 2 aliphatic heterocycles. The van der Waals surface area contributed by atoms with E-state index in [0.29, 0.717) is 41.1 Å². The zero-order valence-corrected chi connectivity index (χ0v) is 22.1. The van der Waals surface area contributed by atoms with Gasteiger partial charge in [0.1, 0.15) is 0 Å². The number of hydrogen-bond acceptors (Lipinski definition) is 3. The standard InChI is InChI=1S/C30H46O3/c1-18(2)14-20-15-32-30-16-29(17-33-30)21(25(30)19(20)3)8-9-23-27(6)12-11-24(31)26(4,5)22(27)10-13-28(23,29)7/h14,21-25,31H,8-13,15-17H2,1-7H3/t21-,22+,23-,24+,25+,27+,28-,29+,30-/m1/s1. The Morgan fingerprint density at radius 1 is 0.970 bits per heavy atom. The molecule has 2 heterocycles. The van der Waals surface area contributed by atoms with E-state index in [2.05, 4.69) is 54.5 Å². The highest BCUT2D eigenvalue weighted by molar-refractivity contribution is 5.37. The average molecular weight is 455 g/mol. The molecule has 0 unspecified atom stereocenters. The molecule has 184 valence electrons. The molecule has 0 amide bonds. The topological polar surface area (TPSA) is 38.7 Å². The summed E-state index contributed by atoms with van der Waals surface area (Å²) in [6.45, 7) is 18.3. The fraction of sp³-hybridized carbons (Fsp3) is 0.867. The summed E-state index contributed by atoms with van der Waals surface area (Å²) in [5.74, 6) is 2.04. The SMILES string of the molecule is CC(C)=CC1=C(C)[C@H]2[C@H]3CC[C@@H]4[C@@]5(C)CC[C@H](O)C(C)(C)[C@@H]5CC[C@@]4(C)[C@@]34CO[C@@]2(C4)OC1. The van der Waals surface area contributed by atoms with Crippen molar-refractivity contribution in [3.63, 3.8) is 0 Å². The molecule has 5 fully saturated rings. The summed E-state index contributed by atoms with van der Waals surface area (Å²) >= 11 is 0. The van der Waals surface area contributed by atoms with Gasteiger partial charge in [-0.1, -0.05) is 44.9 Å². The lowest BCUT2D eigenvalue weighted by Crippen LogP contribution is -2.65. The Balaban J connectivity index is 1.42. The number of allylic oxidation sites excluding steroid dienone is 1. The lowest BCUT2D eigenvalue weighted by molar-refractivity contribution is -0.272. The molecular weight excluding hydrogens is 408 g/mol. The molecule has 1 N–H and O–H groups in total. The second-order valence-electron chi connectivity index (χ2n) is 14.3. The number of rotatable bonds is 1. The van der Waals surface area contributed by atoms with Crippen LogP contribution >= 0.6 is 0 Å². The summed E-state index contributed by atoms with van der Waals surface area (Å²) in [4.78, 5) is 0. The summed E-state index contributed by atoms with van der Waals surface area (Å²) in [7, 11) is 0. The van der Waals surface area contributed by atoms with Gasteiger partial charge in [-0.3, -0.25) is 0 Å². The van der Waals surface area contributed by atoms with Crippen LogP contribution in [0.1, 0.15) is 93.4 Å². The van der Waals surface area contributed by atoms with Gasteiger partial charge in [0.05, 0.1) is 19.3 Å². The zero-order valence-electron chi connectivity index (χ0n) is 22.1. The quantitative estimate of drug-likeness (QED) is 0.481. The van der Waals surface area contributed by atoms with Crippen LogP contribution in [0.25, 0.3) is 0 Å². The normalized spacial score (nSPS) is 54.2. The molecule has 6 rings (SSSR count). The first kappa shape index (κ1) is 22.8. The number of hydrogen-bond donors (Lipinski definition) is 1. The lowest BCUT2D eigenvalue weighted by Gasteiger charge is -2.70. The lowest BCUT2D eigenvalue weighted by atomic mass is 9.35. The monoisotopic (exact) mass is 454 g/mol. The highest BCUT2D eigenvalue weighted by atomic mass is 16.7. The number of aliphatic hydroxyl groups is 1. The van der Waals surface area contributed by atoms with Gasteiger partial charge in [-0.25, -0.2) is 0 Å². The first-order chi connectivity index (χ1) is 15.4. The molecule has 2 bridgehead atoms. The summed E-state index contributed by atoms with van der Waals surface area (Å²) < 4.78 is 13.4. The second-order valence-corrected chi connectivity index (χ2v) is 14.3. The van der Waals surface area contributed by atoms with Gasteiger partial charge in [0.15, 0.2) is 5.79 Å². The number of fused-ring (bicyclic) bond motifs is 4. The van der Waals surface area contributed by atoms with Crippen LogP contribution in [0.4, 0.5) is 0 Å². The van der Waals surface area contributed by atoms with Crippen LogP contribution < -0.4 is 0 Å².